The first-order valence-electron chi connectivity index (χ1n) is 13.0. The molecule has 29 heavy (non-hydrogen) atoms. The minimum Gasteiger partial charge on any atom is -0.300 e. The van der Waals surface area contributed by atoms with Crippen molar-refractivity contribution in [3.63, 3.8) is 0 Å². The van der Waals surface area contributed by atoms with Gasteiger partial charge in [0.1, 0.15) is 0 Å². The van der Waals surface area contributed by atoms with Gasteiger partial charge in [0.05, 0.1) is 5.41 Å². The van der Waals surface area contributed by atoms with Crippen LogP contribution in [0.25, 0.3) is 0 Å². The van der Waals surface area contributed by atoms with Crippen LogP contribution in [0.15, 0.2) is 0 Å². The molecule has 0 bridgehead atoms. The van der Waals surface area contributed by atoms with Gasteiger partial charge in [0.25, 0.3) is 0 Å². The van der Waals surface area contributed by atoms with Gasteiger partial charge >= 0.3 is 5.97 Å². The molecule has 1 atom stereocenters. The number of carbonyl (C=O) groups excluding carboxylic acids is 1. The first-order chi connectivity index (χ1) is 14.2. The Hall–Kier alpha value is -0.570. The van der Waals surface area contributed by atoms with Gasteiger partial charge in [-0.15, -0.1) is 0 Å². The number of hydrogen-bond donors (Lipinski definition) is 1. The van der Waals surface area contributed by atoms with E-state index in [2.05, 4.69) is 25.7 Å². The van der Waals surface area contributed by atoms with Crippen molar-refractivity contribution in [3.05, 3.63) is 0 Å². The maximum atomic E-state index is 12.2. The maximum absolute atomic E-state index is 12.2. The zero-order valence-electron chi connectivity index (χ0n) is 20.1. The highest BCUT2D eigenvalue weighted by molar-refractivity contribution is 5.76. The molecular formula is C26H52O3. The molecule has 0 fully saturated rings. The summed E-state index contributed by atoms with van der Waals surface area (Å²) in [4.78, 5) is 16.4. The molecule has 1 unspecified atom stereocenters. The molecule has 0 spiro atoms. The Bertz CT molecular complexity index is 356. The fourth-order valence-corrected chi connectivity index (χ4v) is 4.47. The predicted octanol–water partition coefficient (Wildman–Crippen LogP) is 9.24. The van der Waals surface area contributed by atoms with Gasteiger partial charge < -0.3 is 4.89 Å². The molecule has 0 saturated heterocycles. The Kier molecular flexibility index (Phi) is 20.3. The molecule has 0 aliphatic heterocycles. The summed E-state index contributed by atoms with van der Waals surface area (Å²) in [5.41, 5.74) is -0.473. The van der Waals surface area contributed by atoms with E-state index in [0.717, 1.165) is 38.5 Å². The molecule has 3 nitrogen and oxygen atoms in total. The third-order valence-corrected chi connectivity index (χ3v) is 6.71. The highest BCUT2D eigenvalue weighted by Gasteiger charge is 2.37. The molecule has 0 aliphatic rings. The molecule has 0 aromatic carbocycles. The van der Waals surface area contributed by atoms with Crippen LogP contribution in [0.5, 0.6) is 0 Å². The SMILES string of the molecule is CCCCCCCCCCCCCCCCC(CC)(CCCCCC)C(=O)OO. The van der Waals surface area contributed by atoms with Gasteiger partial charge in [-0.3, -0.25) is 0 Å². The smallest absolute Gasteiger partial charge is 0.300 e. The Morgan fingerprint density at radius 3 is 1.21 bits per heavy atom. The molecule has 0 amide bonds. The van der Waals surface area contributed by atoms with Crippen molar-refractivity contribution in [3.8, 4) is 0 Å². The molecule has 0 aliphatic carbocycles. The van der Waals surface area contributed by atoms with E-state index in [1.54, 1.807) is 0 Å². The maximum Gasteiger partial charge on any atom is 0.348 e. The topological polar surface area (TPSA) is 46.5 Å². The average molecular weight is 413 g/mol. The van der Waals surface area contributed by atoms with E-state index in [9.17, 15) is 4.79 Å². The summed E-state index contributed by atoms with van der Waals surface area (Å²) >= 11 is 0. The minimum atomic E-state index is -0.473. The van der Waals surface area contributed by atoms with Gasteiger partial charge in [-0.2, -0.15) is 5.26 Å². The second-order valence-corrected chi connectivity index (χ2v) is 9.17. The second kappa shape index (κ2) is 20.7. The van der Waals surface area contributed by atoms with E-state index < -0.39 is 11.4 Å². The molecule has 0 radical (unpaired) electrons. The summed E-state index contributed by atoms with van der Waals surface area (Å²) < 4.78 is 0. The highest BCUT2D eigenvalue weighted by atomic mass is 17.1. The van der Waals surface area contributed by atoms with Gasteiger partial charge in [-0.05, 0) is 19.3 Å². The lowest BCUT2D eigenvalue weighted by Crippen LogP contribution is -2.32. The summed E-state index contributed by atoms with van der Waals surface area (Å²) in [6.07, 6.45) is 25.9. The van der Waals surface area contributed by atoms with Gasteiger partial charge in [0.15, 0.2) is 0 Å². The van der Waals surface area contributed by atoms with Crippen molar-refractivity contribution in [1.29, 1.82) is 0 Å². The first kappa shape index (κ1) is 28.4. The van der Waals surface area contributed by atoms with E-state index in [-0.39, 0.29) is 0 Å². The number of rotatable bonds is 22. The van der Waals surface area contributed by atoms with E-state index in [1.165, 1.54) is 96.3 Å². The van der Waals surface area contributed by atoms with Gasteiger partial charge in [0, 0.05) is 0 Å². The van der Waals surface area contributed by atoms with E-state index in [4.69, 9.17) is 5.26 Å². The minimum absolute atomic E-state index is 0.411. The summed E-state index contributed by atoms with van der Waals surface area (Å²) in [5, 5.41) is 8.97. The largest absolute Gasteiger partial charge is 0.348 e. The van der Waals surface area contributed by atoms with Crippen LogP contribution in [-0.2, 0) is 9.68 Å². The monoisotopic (exact) mass is 412 g/mol. The molecule has 3 heteroatoms. The number of hydrogen-bond acceptors (Lipinski definition) is 3. The Labute approximate surface area is 182 Å². The van der Waals surface area contributed by atoms with Gasteiger partial charge in [-0.1, -0.05) is 136 Å². The van der Waals surface area contributed by atoms with Crippen molar-refractivity contribution in [2.75, 3.05) is 0 Å². The molecule has 0 aromatic heterocycles. The van der Waals surface area contributed by atoms with Crippen LogP contribution in [0.4, 0.5) is 0 Å². The molecule has 0 aromatic rings. The lowest BCUT2D eigenvalue weighted by molar-refractivity contribution is -0.246. The van der Waals surface area contributed by atoms with Crippen molar-refractivity contribution >= 4 is 5.97 Å². The molecule has 0 heterocycles. The summed E-state index contributed by atoms with van der Waals surface area (Å²) in [7, 11) is 0. The summed E-state index contributed by atoms with van der Waals surface area (Å²) in [6, 6.07) is 0. The second-order valence-electron chi connectivity index (χ2n) is 9.17. The fraction of sp³-hybridized carbons (Fsp3) is 0.962. The Morgan fingerprint density at radius 2 is 0.897 bits per heavy atom. The molecular weight excluding hydrogens is 360 g/mol. The van der Waals surface area contributed by atoms with Crippen molar-refractivity contribution in [2.24, 2.45) is 5.41 Å². The standard InChI is InChI=1S/C26H52O3/c1-4-7-9-11-12-13-14-15-16-17-18-19-20-22-24-26(6-3,25(27)29-28)23-21-10-8-5-2/h28H,4-24H2,1-3H3. The molecule has 174 valence electrons. The number of carbonyl (C=O) groups is 1. The van der Waals surface area contributed by atoms with E-state index >= 15 is 0 Å². The zero-order chi connectivity index (χ0) is 21.6. The number of unbranched alkanes of at least 4 members (excludes halogenated alkanes) is 16. The summed E-state index contributed by atoms with van der Waals surface area (Å²) in [6.45, 7) is 6.53. The fourth-order valence-electron chi connectivity index (χ4n) is 4.47. The predicted molar refractivity (Wildman–Crippen MR) is 125 cm³/mol. The van der Waals surface area contributed by atoms with Gasteiger partial charge in [-0.25, -0.2) is 4.79 Å². The lowest BCUT2D eigenvalue weighted by Gasteiger charge is -2.29. The average Bonchev–Trinajstić information content (AvgIpc) is 2.75. The van der Waals surface area contributed by atoms with Crippen LogP contribution in [0.2, 0.25) is 0 Å². The van der Waals surface area contributed by atoms with E-state index in [1.807, 2.05) is 0 Å². The van der Waals surface area contributed by atoms with Crippen LogP contribution in [0, 0.1) is 5.41 Å². The van der Waals surface area contributed by atoms with Crippen molar-refractivity contribution in [2.45, 2.75) is 156 Å². The van der Waals surface area contributed by atoms with Crippen molar-refractivity contribution < 1.29 is 14.9 Å². The molecule has 1 N–H and O–H groups in total. The highest BCUT2D eigenvalue weighted by Crippen LogP contribution is 2.36. The zero-order valence-corrected chi connectivity index (χ0v) is 20.1. The van der Waals surface area contributed by atoms with E-state index in [0.29, 0.717) is 0 Å². The Balaban J connectivity index is 3.77. The van der Waals surface area contributed by atoms with Crippen LogP contribution < -0.4 is 0 Å². The first-order valence-corrected chi connectivity index (χ1v) is 13.0. The Morgan fingerprint density at radius 1 is 0.586 bits per heavy atom. The molecule has 0 saturated carbocycles. The van der Waals surface area contributed by atoms with Crippen LogP contribution in [-0.4, -0.2) is 11.2 Å². The van der Waals surface area contributed by atoms with Crippen LogP contribution in [0.3, 0.4) is 0 Å². The quantitative estimate of drug-likeness (QED) is 0.109. The van der Waals surface area contributed by atoms with Crippen molar-refractivity contribution in [1.82, 2.24) is 0 Å². The molecule has 0 rings (SSSR count). The third kappa shape index (κ3) is 15.0. The third-order valence-electron chi connectivity index (χ3n) is 6.71. The van der Waals surface area contributed by atoms with Crippen LogP contribution in [0.1, 0.15) is 156 Å². The van der Waals surface area contributed by atoms with Crippen LogP contribution >= 0.6 is 0 Å². The van der Waals surface area contributed by atoms with Gasteiger partial charge in [0.2, 0.25) is 0 Å². The lowest BCUT2D eigenvalue weighted by atomic mass is 9.75. The summed E-state index contributed by atoms with van der Waals surface area (Å²) in [5.74, 6) is -0.411. The normalized spacial score (nSPS) is 13.4.